The van der Waals surface area contributed by atoms with Crippen molar-refractivity contribution in [1.82, 2.24) is 5.32 Å². The molecule has 0 aliphatic carbocycles. The summed E-state index contributed by atoms with van der Waals surface area (Å²) in [5.74, 6) is -2.15. The van der Waals surface area contributed by atoms with E-state index in [0.717, 1.165) is 23.4 Å². The molecule has 3 amide bonds. The van der Waals surface area contributed by atoms with Gasteiger partial charge in [-0.15, -0.1) is 0 Å². The van der Waals surface area contributed by atoms with E-state index in [1.807, 2.05) is 19.1 Å². The second-order valence-corrected chi connectivity index (χ2v) is 5.84. The number of benzene rings is 2. The zero-order valence-electron chi connectivity index (χ0n) is 14.8. The van der Waals surface area contributed by atoms with E-state index in [-0.39, 0.29) is 12.2 Å². The van der Waals surface area contributed by atoms with Gasteiger partial charge in [-0.2, -0.15) is 0 Å². The third-order valence-corrected chi connectivity index (χ3v) is 3.81. The third kappa shape index (κ3) is 6.25. The van der Waals surface area contributed by atoms with Gasteiger partial charge in [-0.1, -0.05) is 12.1 Å². The molecule has 2 rings (SSSR count). The van der Waals surface area contributed by atoms with Crippen molar-refractivity contribution in [3.63, 3.8) is 0 Å². The minimum Gasteiger partial charge on any atom is -0.494 e. The largest absolute Gasteiger partial charge is 0.494 e. The topological polar surface area (TPSA) is 93.4 Å². The molecule has 8 heteroatoms. The summed E-state index contributed by atoms with van der Waals surface area (Å²) in [4.78, 5) is 23.6. The zero-order chi connectivity index (χ0) is 19.8. The van der Waals surface area contributed by atoms with Gasteiger partial charge >= 0.3 is 6.03 Å². The molecule has 0 aromatic heterocycles. The van der Waals surface area contributed by atoms with E-state index in [9.17, 15) is 18.4 Å². The van der Waals surface area contributed by atoms with Gasteiger partial charge in [-0.25, -0.2) is 13.6 Å². The standard InChI is InChI=1S/C19H21F2N3O3/c1-2-27-15-6-3-12(4-7-15)9-13(18(22)25)11-23-19(26)24-17-8-5-14(20)10-16(17)21/h3-8,10,13H,2,9,11H2,1H3,(H2,22,25)(H2,23,24,26)/t13-/m0/s1. The highest BCUT2D eigenvalue weighted by Crippen LogP contribution is 2.16. The molecule has 2 aromatic rings. The minimum absolute atomic E-state index is 0.0306. The molecule has 0 spiro atoms. The van der Waals surface area contributed by atoms with E-state index in [0.29, 0.717) is 19.1 Å². The SMILES string of the molecule is CCOc1ccc(C[C@@H](CNC(=O)Nc2ccc(F)cc2F)C(N)=O)cc1. The molecule has 0 saturated carbocycles. The van der Waals surface area contributed by atoms with Crippen molar-refractivity contribution in [3.05, 3.63) is 59.7 Å². The van der Waals surface area contributed by atoms with E-state index in [2.05, 4.69) is 10.6 Å². The first-order valence-electron chi connectivity index (χ1n) is 8.40. The zero-order valence-corrected chi connectivity index (χ0v) is 14.8. The molecule has 0 aliphatic heterocycles. The first-order chi connectivity index (χ1) is 12.9. The van der Waals surface area contributed by atoms with Crippen LogP contribution in [0.4, 0.5) is 19.3 Å². The molecule has 2 aromatic carbocycles. The Morgan fingerprint density at radius 2 is 1.85 bits per heavy atom. The normalized spacial score (nSPS) is 11.5. The average molecular weight is 377 g/mol. The number of hydrogen-bond acceptors (Lipinski definition) is 3. The van der Waals surface area contributed by atoms with Gasteiger partial charge in [0.15, 0.2) is 0 Å². The Morgan fingerprint density at radius 1 is 1.15 bits per heavy atom. The lowest BCUT2D eigenvalue weighted by Crippen LogP contribution is -2.39. The summed E-state index contributed by atoms with van der Waals surface area (Å²) in [6, 6.07) is 9.27. The van der Waals surface area contributed by atoms with Crippen LogP contribution in [0.5, 0.6) is 5.75 Å². The highest BCUT2D eigenvalue weighted by molar-refractivity contribution is 5.89. The summed E-state index contributed by atoms with van der Waals surface area (Å²) in [6.45, 7) is 2.40. The van der Waals surface area contributed by atoms with Crippen LogP contribution in [0.1, 0.15) is 12.5 Å². The van der Waals surface area contributed by atoms with Crippen LogP contribution < -0.4 is 21.1 Å². The van der Waals surface area contributed by atoms with Gasteiger partial charge < -0.3 is 21.1 Å². The van der Waals surface area contributed by atoms with Crippen LogP contribution >= 0.6 is 0 Å². The second kappa shape index (κ2) is 9.51. The summed E-state index contributed by atoms with van der Waals surface area (Å²) in [5.41, 5.74) is 6.09. The molecule has 0 saturated heterocycles. The Labute approximate surface area is 155 Å². The van der Waals surface area contributed by atoms with Gasteiger partial charge in [-0.05, 0) is 43.2 Å². The summed E-state index contributed by atoms with van der Waals surface area (Å²) in [6.07, 6.45) is 0.326. The molecule has 1 atom stereocenters. The fraction of sp³-hybridized carbons (Fsp3) is 0.263. The van der Waals surface area contributed by atoms with E-state index < -0.39 is 29.5 Å². The van der Waals surface area contributed by atoms with Crippen molar-refractivity contribution in [2.24, 2.45) is 11.7 Å². The van der Waals surface area contributed by atoms with Crippen LogP contribution in [0.3, 0.4) is 0 Å². The molecule has 0 unspecified atom stereocenters. The quantitative estimate of drug-likeness (QED) is 0.660. The van der Waals surface area contributed by atoms with E-state index in [4.69, 9.17) is 10.5 Å². The Hall–Kier alpha value is -3.16. The molecule has 0 aliphatic rings. The van der Waals surface area contributed by atoms with Crippen LogP contribution in [0, 0.1) is 17.6 Å². The monoisotopic (exact) mass is 377 g/mol. The Kier molecular flexibility index (Phi) is 7.10. The molecule has 27 heavy (non-hydrogen) atoms. The van der Waals surface area contributed by atoms with Crippen molar-refractivity contribution in [3.8, 4) is 5.75 Å². The van der Waals surface area contributed by atoms with E-state index >= 15 is 0 Å². The van der Waals surface area contributed by atoms with Crippen molar-refractivity contribution < 1.29 is 23.1 Å². The molecule has 0 bridgehead atoms. The van der Waals surface area contributed by atoms with Gasteiger partial charge in [0, 0.05) is 12.6 Å². The highest BCUT2D eigenvalue weighted by Gasteiger charge is 2.18. The maximum Gasteiger partial charge on any atom is 0.319 e. The third-order valence-electron chi connectivity index (χ3n) is 3.81. The van der Waals surface area contributed by atoms with Gasteiger partial charge in [0.2, 0.25) is 5.91 Å². The number of carbonyl (C=O) groups excluding carboxylic acids is 2. The molecule has 4 N–H and O–H groups in total. The number of anilines is 1. The number of hydrogen-bond donors (Lipinski definition) is 3. The fourth-order valence-corrected chi connectivity index (χ4v) is 2.42. The number of amides is 3. The number of halogens is 2. The molecule has 144 valence electrons. The molecule has 0 fully saturated rings. The highest BCUT2D eigenvalue weighted by atomic mass is 19.1. The average Bonchev–Trinajstić information content (AvgIpc) is 2.62. The molecule has 0 heterocycles. The Bertz CT molecular complexity index is 797. The van der Waals surface area contributed by atoms with Gasteiger partial charge in [0.25, 0.3) is 0 Å². The van der Waals surface area contributed by atoms with E-state index in [1.165, 1.54) is 0 Å². The van der Waals surface area contributed by atoms with Crippen LogP contribution in [-0.4, -0.2) is 25.1 Å². The Balaban J connectivity index is 1.91. The number of nitrogens with one attached hydrogen (secondary N) is 2. The number of carbonyl (C=O) groups is 2. The van der Waals surface area contributed by atoms with Crippen molar-refractivity contribution in [1.29, 1.82) is 0 Å². The first-order valence-corrected chi connectivity index (χ1v) is 8.40. The van der Waals surface area contributed by atoms with Gasteiger partial charge in [-0.3, -0.25) is 4.79 Å². The number of urea groups is 1. The lowest BCUT2D eigenvalue weighted by molar-refractivity contribution is -0.121. The summed E-state index contributed by atoms with van der Waals surface area (Å²) in [7, 11) is 0. The van der Waals surface area contributed by atoms with Crippen molar-refractivity contribution >= 4 is 17.6 Å². The second-order valence-electron chi connectivity index (χ2n) is 5.84. The molecular weight excluding hydrogens is 356 g/mol. The lowest BCUT2D eigenvalue weighted by Gasteiger charge is -2.15. The lowest BCUT2D eigenvalue weighted by atomic mass is 9.98. The fourth-order valence-electron chi connectivity index (χ4n) is 2.42. The minimum atomic E-state index is -0.897. The van der Waals surface area contributed by atoms with E-state index in [1.54, 1.807) is 12.1 Å². The molecular formula is C19H21F2N3O3. The maximum atomic E-state index is 13.5. The predicted octanol–water partition coefficient (Wildman–Crippen LogP) is 2.83. The smallest absolute Gasteiger partial charge is 0.319 e. The van der Waals surface area contributed by atoms with Crippen LogP contribution in [0.25, 0.3) is 0 Å². The van der Waals surface area contributed by atoms with Gasteiger partial charge in [0.1, 0.15) is 17.4 Å². The molecule has 6 nitrogen and oxygen atoms in total. The number of ether oxygens (including phenoxy) is 1. The number of rotatable bonds is 8. The van der Waals surface area contributed by atoms with Crippen LogP contribution in [0.2, 0.25) is 0 Å². The van der Waals surface area contributed by atoms with Gasteiger partial charge in [0.05, 0.1) is 18.2 Å². The van der Waals surface area contributed by atoms with Crippen LogP contribution in [-0.2, 0) is 11.2 Å². The molecule has 0 radical (unpaired) electrons. The summed E-state index contributed by atoms with van der Waals surface area (Å²) < 4.78 is 31.8. The number of primary amides is 1. The maximum absolute atomic E-state index is 13.5. The predicted molar refractivity (Wildman–Crippen MR) is 97.4 cm³/mol. The van der Waals surface area contributed by atoms with Crippen molar-refractivity contribution in [2.45, 2.75) is 13.3 Å². The number of nitrogens with two attached hydrogens (primary N) is 1. The Morgan fingerprint density at radius 3 is 2.44 bits per heavy atom. The van der Waals surface area contributed by atoms with Crippen molar-refractivity contribution in [2.75, 3.05) is 18.5 Å². The van der Waals surface area contributed by atoms with Crippen LogP contribution in [0.15, 0.2) is 42.5 Å². The first kappa shape index (κ1) is 20.2. The summed E-state index contributed by atoms with van der Waals surface area (Å²) >= 11 is 0. The summed E-state index contributed by atoms with van der Waals surface area (Å²) in [5, 5.41) is 4.73.